The van der Waals surface area contributed by atoms with Crippen molar-refractivity contribution in [2.75, 3.05) is 16.8 Å². The van der Waals surface area contributed by atoms with Crippen LogP contribution in [0.1, 0.15) is 18.4 Å². The standard InChI is InChI=1S/C12H13ClF3NS/c13-10-5-1-4-9(12(14,15)16)11(10)17-8-3-2-6-18-7-8/h1,4-5,8,17H,2-3,6-7H2. The van der Waals surface area contributed by atoms with Crippen LogP contribution in [0, 0.1) is 0 Å². The molecule has 0 bridgehead atoms. The lowest BCUT2D eigenvalue weighted by molar-refractivity contribution is -0.137. The number of para-hydroxylation sites is 1. The maximum Gasteiger partial charge on any atom is 0.418 e. The summed E-state index contributed by atoms with van der Waals surface area (Å²) in [6.07, 6.45) is -2.47. The molecular weight excluding hydrogens is 283 g/mol. The first-order chi connectivity index (χ1) is 8.48. The van der Waals surface area contributed by atoms with E-state index in [-0.39, 0.29) is 16.8 Å². The Labute approximate surface area is 113 Å². The van der Waals surface area contributed by atoms with Crippen LogP contribution >= 0.6 is 23.4 Å². The predicted octanol–water partition coefficient (Wildman–Crippen LogP) is 4.67. The van der Waals surface area contributed by atoms with E-state index >= 15 is 0 Å². The molecule has 1 unspecified atom stereocenters. The molecule has 100 valence electrons. The number of hydrogen-bond acceptors (Lipinski definition) is 2. The number of hydrogen-bond donors (Lipinski definition) is 1. The van der Waals surface area contributed by atoms with Gasteiger partial charge < -0.3 is 5.32 Å². The summed E-state index contributed by atoms with van der Waals surface area (Å²) in [4.78, 5) is 0. The summed E-state index contributed by atoms with van der Waals surface area (Å²) >= 11 is 7.64. The van der Waals surface area contributed by atoms with Gasteiger partial charge in [0.2, 0.25) is 0 Å². The number of nitrogens with one attached hydrogen (secondary N) is 1. The SMILES string of the molecule is FC(F)(F)c1cccc(Cl)c1NC1CCCSC1. The van der Waals surface area contributed by atoms with Crippen molar-refractivity contribution < 1.29 is 13.2 Å². The molecule has 0 saturated carbocycles. The number of alkyl halides is 3. The van der Waals surface area contributed by atoms with Crippen LogP contribution in [0.5, 0.6) is 0 Å². The Morgan fingerprint density at radius 2 is 2.11 bits per heavy atom. The van der Waals surface area contributed by atoms with Crippen molar-refractivity contribution in [1.82, 2.24) is 0 Å². The van der Waals surface area contributed by atoms with Crippen molar-refractivity contribution in [2.45, 2.75) is 25.1 Å². The molecule has 1 aliphatic heterocycles. The highest BCUT2D eigenvalue weighted by Gasteiger charge is 2.34. The third-order valence-corrected chi connectivity index (χ3v) is 4.36. The number of rotatable bonds is 2. The number of anilines is 1. The second kappa shape index (κ2) is 5.61. The Hall–Kier alpha value is -0.550. The first-order valence-corrected chi connectivity index (χ1v) is 7.22. The maximum atomic E-state index is 12.9. The molecule has 1 aliphatic rings. The van der Waals surface area contributed by atoms with Crippen molar-refractivity contribution in [3.63, 3.8) is 0 Å². The molecule has 0 amide bonds. The molecule has 0 spiro atoms. The van der Waals surface area contributed by atoms with Gasteiger partial charge >= 0.3 is 6.18 Å². The summed E-state index contributed by atoms with van der Waals surface area (Å²) < 4.78 is 38.6. The Kier molecular flexibility index (Phi) is 4.33. The molecule has 2 rings (SSSR count). The Balaban J connectivity index is 2.25. The van der Waals surface area contributed by atoms with Gasteiger partial charge in [0, 0.05) is 11.8 Å². The van der Waals surface area contributed by atoms with Crippen LogP contribution in [-0.4, -0.2) is 17.5 Å². The third-order valence-electron chi connectivity index (χ3n) is 2.83. The van der Waals surface area contributed by atoms with E-state index in [1.54, 1.807) is 11.8 Å². The van der Waals surface area contributed by atoms with Gasteiger partial charge in [0.25, 0.3) is 0 Å². The van der Waals surface area contributed by atoms with E-state index < -0.39 is 11.7 Å². The van der Waals surface area contributed by atoms with Crippen LogP contribution < -0.4 is 5.32 Å². The van der Waals surface area contributed by atoms with Crippen LogP contribution in [0.3, 0.4) is 0 Å². The van der Waals surface area contributed by atoms with Crippen molar-refractivity contribution in [2.24, 2.45) is 0 Å². The highest BCUT2D eigenvalue weighted by atomic mass is 35.5. The van der Waals surface area contributed by atoms with Crippen LogP contribution in [0.2, 0.25) is 5.02 Å². The first kappa shape index (κ1) is 13.9. The highest BCUT2D eigenvalue weighted by Crippen LogP contribution is 2.39. The molecule has 0 radical (unpaired) electrons. The molecule has 0 aliphatic carbocycles. The van der Waals surface area contributed by atoms with E-state index in [2.05, 4.69) is 5.32 Å². The van der Waals surface area contributed by atoms with Gasteiger partial charge in [-0.15, -0.1) is 0 Å². The largest absolute Gasteiger partial charge is 0.418 e. The molecule has 1 atom stereocenters. The van der Waals surface area contributed by atoms with Crippen molar-refractivity contribution in [3.05, 3.63) is 28.8 Å². The molecular formula is C12H13ClF3NS. The summed E-state index contributed by atoms with van der Waals surface area (Å²) in [6, 6.07) is 3.93. The summed E-state index contributed by atoms with van der Waals surface area (Å²) in [6.45, 7) is 0. The van der Waals surface area contributed by atoms with Gasteiger partial charge in [-0.2, -0.15) is 24.9 Å². The predicted molar refractivity (Wildman–Crippen MR) is 70.4 cm³/mol. The van der Waals surface area contributed by atoms with Crippen molar-refractivity contribution in [1.29, 1.82) is 0 Å². The Morgan fingerprint density at radius 3 is 2.72 bits per heavy atom. The fourth-order valence-corrected chi connectivity index (χ4v) is 3.27. The highest BCUT2D eigenvalue weighted by molar-refractivity contribution is 7.99. The van der Waals surface area contributed by atoms with E-state index in [1.165, 1.54) is 12.1 Å². The summed E-state index contributed by atoms with van der Waals surface area (Å²) in [5.41, 5.74) is -0.676. The smallest absolute Gasteiger partial charge is 0.380 e. The molecule has 1 heterocycles. The molecule has 1 saturated heterocycles. The van der Waals surface area contributed by atoms with E-state index in [4.69, 9.17) is 11.6 Å². The fourth-order valence-electron chi connectivity index (χ4n) is 1.97. The molecule has 6 heteroatoms. The second-order valence-corrected chi connectivity index (χ2v) is 5.78. The second-order valence-electron chi connectivity index (χ2n) is 4.22. The zero-order valence-electron chi connectivity index (χ0n) is 9.56. The Bertz CT molecular complexity index is 416. The van der Waals surface area contributed by atoms with Gasteiger partial charge in [0.05, 0.1) is 16.3 Å². The fraction of sp³-hybridized carbons (Fsp3) is 0.500. The van der Waals surface area contributed by atoms with E-state index in [0.29, 0.717) is 0 Å². The van der Waals surface area contributed by atoms with Crippen LogP contribution in [0.4, 0.5) is 18.9 Å². The van der Waals surface area contributed by atoms with Gasteiger partial charge in [-0.05, 0) is 30.7 Å². The summed E-state index contributed by atoms with van der Waals surface area (Å²) in [5.74, 6) is 1.90. The zero-order valence-corrected chi connectivity index (χ0v) is 11.1. The lowest BCUT2D eigenvalue weighted by atomic mass is 10.1. The molecule has 1 aromatic carbocycles. The molecule has 1 N–H and O–H groups in total. The minimum Gasteiger partial charge on any atom is -0.380 e. The van der Waals surface area contributed by atoms with Crippen LogP contribution in [-0.2, 0) is 6.18 Å². The van der Waals surface area contributed by atoms with Gasteiger partial charge in [0.15, 0.2) is 0 Å². The summed E-state index contributed by atoms with van der Waals surface area (Å²) in [5, 5.41) is 3.08. The van der Waals surface area contributed by atoms with Gasteiger partial charge in [0.1, 0.15) is 0 Å². The van der Waals surface area contributed by atoms with E-state index in [9.17, 15) is 13.2 Å². The topological polar surface area (TPSA) is 12.0 Å². The number of thioether (sulfide) groups is 1. The minimum atomic E-state index is -4.38. The maximum absolute atomic E-state index is 12.9. The van der Waals surface area contributed by atoms with Crippen molar-refractivity contribution >= 4 is 29.1 Å². The monoisotopic (exact) mass is 295 g/mol. The Morgan fingerprint density at radius 1 is 1.33 bits per heavy atom. The van der Waals surface area contributed by atoms with Crippen molar-refractivity contribution in [3.8, 4) is 0 Å². The van der Waals surface area contributed by atoms with Gasteiger partial charge in [-0.3, -0.25) is 0 Å². The molecule has 18 heavy (non-hydrogen) atoms. The summed E-state index contributed by atoms with van der Waals surface area (Å²) in [7, 11) is 0. The van der Waals surface area contributed by atoms with Crippen LogP contribution in [0.15, 0.2) is 18.2 Å². The molecule has 1 fully saturated rings. The molecule has 1 aromatic rings. The minimum absolute atomic E-state index is 0.0131. The van der Waals surface area contributed by atoms with E-state index in [0.717, 1.165) is 30.4 Å². The molecule has 0 aromatic heterocycles. The van der Waals surface area contributed by atoms with E-state index in [1.807, 2.05) is 0 Å². The lowest BCUT2D eigenvalue weighted by Crippen LogP contribution is -2.27. The lowest BCUT2D eigenvalue weighted by Gasteiger charge is -2.26. The number of halogens is 4. The molecule has 1 nitrogen and oxygen atoms in total. The average molecular weight is 296 g/mol. The zero-order chi connectivity index (χ0) is 13.2. The number of benzene rings is 1. The average Bonchev–Trinajstić information content (AvgIpc) is 2.32. The third kappa shape index (κ3) is 3.26. The quantitative estimate of drug-likeness (QED) is 0.851. The van der Waals surface area contributed by atoms with Crippen LogP contribution in [0.25, 0.3) is 0 Å². The van der Waals surface area contributed by atoms with Gasteiger partial charge in [-0.1, -0.05) is 17.7 Å². The normalized spacial score (nSPS) is 20.8. The first-order valence-electron chi connectivity index (χ1n) is 5.68. The van der Waals surface area contributed by atoms with Gasteiger partial charge in [-0.25, -0.2) is 0 Å².